The van der Waals surface area contributed by atoms with Crippen molar-refractivity contribution in [3.63, 3.8) is 0 Å². The van der Waals surface area contributed by atoms with Gasteiger partial charge in [0, 0.05) is 11.4 Å². The number of rotatable bonds is 1. The Morgan fingerprint density at radius 1 is 1.67 bits per heavy atom. The van der Waals surface area contributed by atoms with Gasteiger partial charge in [0.1, 0.15) is 12.1 Å². The van der Waals surface area contributed by atoms with Crippen molar-refractivity contribution in [2.24, 2.45) is 4.99 Å². The van der Waals surface area contributed by atoms with Gasteiger partial charge in [-0.15, -0.1) is 0 Å². The van der Waals surface area contributed by atoms with Crippen molar-refractivity contribution in [2.75, 3.05) is 0 Å². The first-order chi connectivity index (χ1) is 5.58. The van der Waals surface area contributed by atoms with Gasteiger partial charge >= 0.3 is 0 Å². The van der Waals surface area contributed by atoms with Crippen molar-refractivity contribution in [1.29, 1.82) is 0 Å². The molecule has 1 aliphatic heterocycles. The fraction of sp³-hybridized carbons (Fsp3) is 0.400. The van der Waals surface area contributed by atoms with Gasteiger partial charge in [0.05, 0.1) is 0 Å². The third-order valence-corrected chi connectivity index (χ3v) is 1.01. The summed E-state index contributed by atoms with van der Waals surface area (Å²) in [6, 6.07) is 0. The summed E-state index contributed by atoms with van der Waals surface area (Å²) in [6.45, 7) is 1.37. The van der Waals surface area contributed by atoms with Crippen molar-refractivity contribution < 1.29 is 14.0 Å². The van der Waals surface area contributed by atoms with E-state index in [0.717, 1.165) is 6.08 Å². The Morgan fingerprint density at radius 3 is 2.83 bits per heavy atom. The Hall–Kier alpha value is -1.21. The number of hydrazine groups is 2. The highest BCUT2D eigenvalue weighted by Crippen LogP contribution is 2.00. The van der Waals surface area contributed by atoms with Crippen LogP contribution in [0.2, 0.25) is 0 Å². The highest BCUT2D eigenvalue weighted by Gasteiger charge is 2.13. The zero-order valence-electron chi connectivity index (χ0n) is 6.25. The van der Waals surface area contributed by atoms with Gasteiger partial charge in [-0.05, 0) is 6.92 Å². The highest BCUT2D eigenvalue weighted by atomic mass is 19.2. The second kappa shape index (κ2) is 3.46. The average Bonchev–Trinajstić information content (AvgIpc) is 1.81. The van der Waals surface area contributed by atoms with Gasteiger partial charge in [0.2, 0.25) is 5.95 Å². The van der Waals surface area contributed by atoms with Crippen molar-refractivity contribution in [2.45, 2.75) is 13.2 Å². The molecule has 1 unspecified atom stereocenters. The predicted octanol–water partition coefficient (Wildman–Crippen LogP) is -0.257. The second-order valence-electron chi connectivity index (χ2n) is 2.14. The quantitative estimate of drug-likeness (QED) is 0.382. The van der Waals surface area contributed by atoms with Gasteiger partial charge in [0.15, 0.2) is 0 Å². The monoisotopic (exact) mass is 178 g/mol. The summed E-state index contributed by atoms with van der Waals surface area (Å²) >= 11 is 0. The number of hydrogen-bond acceptors (Lipinski definition) is 4. The molecule has 0 aromatic heterocycles. The minimum atomic E-state index is -1.01. The lowest BCUT2D eigenvalue weighted by molar-refractivity contribution is -0.0616. The molecule has 0 amide bonds. The van der Waals surface area contributed by atoms with E-state index in [-0.39, 0.29) is 11.2 Å². The number of nitrogens with zero attached hydrogens (tertiary/aromatic N) is 2. The number of nitrogens with one attached hydrogen (secondary N) is 2. The molecule has 7 heteroatoms. The van der Waals surface area contributed by atoms with Crippen LogP contribution in [0.5, 0.6) is 0 Å². The summed E-state index contributed by atoms with van der Waals surface area (Å²) in [6.07, 6.45) is -0.0916. The summed E-state index contributed by atoms with van der Waals surface area (Å²) in [5, 5.41) is 8.54. The molecule has 1 atom stereocenters. The van der Waals surface area contributed by atoms with Gasteiger partial charge in [-0.1, -0.05) is 4.48 Å². The molecule has 0 fully saturated rings. The molecule has 0 saturated carbocycles. The van der Waals surface area contributed by atoms with E-state index in [1.807, 2.05) is 5.43 Å². The molecule has 0 bridgehead atoms. The molecule has 0 aromatic carbocycles. The Labute approximate surface area is 67.3 Å². The topological polar surface area (TPSA) is 59.9 Å². The van der Waals surface area contributed by atoms with Crippen LogP contribution in [0, 0.1) is 0 Å². The highest BCUT2D eigenvalue weighted by molar-refractivity contribution is 5.93. The van der Waals surface area contributed by atoms with Crippen molar-refractivity contribution in [3.05, 3.63) is 12.0 Å². The van der Waals surface area contributed by atoms with E-state index < -0.39 is 12.2 Å². The number of amidine groups is 1. The molecule has 68 valence electrons. The van der Waals surface area contributed by atoms with Gasteiger partial charge in [0.25, 0.3) is 0 Å². The molecule has 1 rings (SSSR count). The Bertz CT molecular complexity index is 227. The molecule has 0 spiro atoms. The summed E-state index contributed by atoms with van der Waals surface area (Å²) in [5.41, 5.74) is 3.68. The lowest BCUT2D eigenvalue weighted by Gasteiger charge is -2.19. The number of hydrogen-bond donors (Lipinski definition) is 3. The van der Waals surface area contributed by atoms with Gasteiger partial charge in [-0.2, -0.15) is 4.39 Å². The zero-order valence-corrected chi connectivity index (χ0v) is 6.25. The van der Waals surface area contributed by atoms with E-state index in [2.05, 4.69) is 4.99 Å². The lowest BCUT2D eigenvalue weighted by Crippen LogP contribution is -2.47. The van der Waals surface area contributed by atoms with Crippen LogP contribution in [-0.4, -0.2) is 22.5 Å². The number of halogens is 2. The Kier molecular flexibility index (Phi) is 2.56. The van der Waals surface area contributed by atoms with Crippen LogP contribution in [-0.2, 0) is 0 Å². The summed E-state index contributed by atoms with van der Waals surface area (Å²) in [7, 11) is 0. The van der Waals surface area contributed by atoms with Crippen molar-refractivity contribution in [1.82, 2.24) is 16.2 Å². The van der Waals surface area contributed by atoms with E-state index in [1.54, 1.807) is 5.43 Å². The minimum Gasteiger partial charge on any atom is -0.372 e. The molecule has 1 aliphatic rings. The van der Waals surface area contributed by atoms with Gasteiger partial charge in [-0.3, -0.25) is 5.43 Å². The number of aliphatic imine (C=N–C) groups is 1. The third-order valence-electron chi connectivity index (χ3n) is 1.01. The zero-order chi connectivity index (χ0) is 9.14. The summed E-state index contributed by atoms with van der Waals surface area (Å²) in [4.78, 5) is 3.46. The second-order valence-corrected chi connectivity index (χ2v) is 2.14. The van der Waals surface area contributed by atoms with Crippen LogP contribution in [0.25, 0.3) is 0 Å². The summed E-state index contributed by atoms with van der Waals surface area (Å²) < 4.78 is 24.7. The van der Waals surface area contributed by atoms with E-state index in [9.17, 15) is 8.87 Å². The van der Waals surface area contributed by atoms with Crippen LogP contribution in [0.4, 0.5) is 8.87 Å². The molecule has 0 aromatic rings. The number of aliphatic hydroxyl groups is 1. The van der Waals surface area contributed by atoms with Crippen LogP contribution in [0.3, 0.4) is 0 Å². The SMILES string of the molecule is CC(O)N=C1C=C(F)NN(F)N1. The minimum absolute atomic E-state index is 0.0937. The maximum atomic E-state index is 12.4. The van der Waals surface area contributed by atoms with Crippen LogP contribution < -0.4 is 10.9 Å². The molecule has 3 N–H and O–H groups in total. The normalized spacial score (nSPS) is 24.3. The van der Waals surface area contributed by atoms with Crippen LogP contribution >= 0.6 is 0 Å². The largest absolute Gasteiger partial charge is 0.372 e. The standard InChI is InChI=1S/C5H8F2N4O/c1-3(12)8-5-2-4(6)9-11(7)10-5/h2-3,9,12H,1H3,(H,8,10). The molecular formula is C5H8F2N4O. The molecule has 0 radical (unpaired) electrons. The smallest absolute Gasteiger partial charge is 0.208 e. The summed E-state index contributed by atoms with van der Waals surface area (Å²) in [5.74, 6) is -0.987. The van der Waals surface area contributed by atoms with Crippen molar-refractivity contribution in [3.8, 4) is 0 Å². The van der Waals surface area contributed by atoms with Crippen LogP contribution in [0.1, 0.15) is 6.92 Å². The van der Waals surface area contributed by atoms with Crippen LogP contribution in [0.15, 0.2) is 17.0 Å². The fourth-order valence-corrected chi connectivity index (χ4v) is 0.674. The van der Waals surface area contributed by atoms with Gasteiger partial charge in [-0.25, -0.2) is 10.4 Å². The maximum Gasteiger partial charge on any atom is 0.208 e. The Balaban J connectivity index is 2.73. The Morgan fingerprint density at radius 2 is 2.33 bits per heavy atom. The molecule has 12 heavy (non-hydrogen) atoms. The predicted molar refractivity (Wildman–Crippen MR) is 37.5 cm³/mol. The molecule has 1 heterocycles. The first-order valence-corrected chi connectivity index (χ1v) is 3.20. The molecule has 5 nitrogen and oxygen atoms in total. The third kappa shape index (κ3) is 2.44. The van der Waals surface area contributed by atoms with E-state index in [1.165, 1.54) is 6.92 Å². The lowest BCUT2D eigenvalue weighted by atomic mass is 10.5. The van der Waals surface area contributed by atoms with Crippen molar-refractivity contribution >= 4 is 5.84 Å². The first-order valence-electron chi connectivity index (χ1n) is 3.20. The van der Waals surface area contributed by atoms with Gasteiger partial charge < -0.3 is 5.11 Å². The maximum absolute atomic E-state index is 12.4. The molecule has 0 aliphatic carbocycles. The molecule has 0 saturated heterocycles. The fourth-order valence-electron chi connectivity index (χ4n) is 0.674. The molecular weight excluding hydrogens is 170 g/mol. The van der Waals surface area contributed by atoms with E-state index >= 15 is 0 Å². The number of aliphatic hydroxyl groups excluding tert-OH is 1. The average molecular weight is 178 g/mol. The van der Waals surface area contributed by atoms with E-state index in [4.69, 9.17) is 5.11 Å². The first kappa shape index (κ1) is 8.88. The van der Waals surface area contributed by atoms with E-state index in [0.29, 0.717) is 0 Å².